The van der Waals surface area contributed by atoms with Crippen LogP contribution in [-0.4, -0.2) is 38.4 Å². The first-order chi connectivity index (χ1) is 16.1. The Kier molecular flexibility index (Phi) is 7.51. The lowest BCUT2D eigenvalue weighted by atomic mass is 9.80. The summed E-state index contributed by atoms with van der Waals surface area (Å²) < 4.78 is 13.0. The van der Waals surface area contributed by atoms with Gasteiger partial charge in [0, 0.05) is 36.7 Å². The Bertz CT molecular complexity index is 1040. The lowest BCUT2D eigenvalue weighted by molar-refractivity contribution is -0.122. The fourth-order valence-electron chi connectivity index (χ4n) is 4.14. The molecule has 1 aromatic carbocycles. The van der Waals surface area contributed by atoms with Gasteiger partial charge >= 0.3 is 0 Å². The highest BCUT2D eigenvalue weighted by atomic mass is 19.1. The van der Waals surface area contributed by atoms with E-state index >= 15 is 0 Å². The van der Waals surface area contributed by atoms with Gasteiger partial charge in [0.25, 0.3) is 0 Å². The molecule has 0 spiro atoms. The van der Waals surface area contributed by atoms with Crippen molar-refractivity contribution >= 4 is 17.7 Å². The number of aromatic nitrogens is 4. The Morgan fingerprint density at radius 3 is 2.58 bits per heavy atom. The molecule has 1 saturated carbocycles. The average molecular weight is 450 g/mol. The van der Waals surface area contributed by atoms with Gasteiger partial charge in [0.2, 0.25) is 11.9 Å². The number of nitrogens with zero attached hydrogens (tertiary/aromatic N) is 4. The summed E-state index contributed by atoms with van der Waals surface area (Å²) in [4.78, 5) is 29.5. The SMILES string of the molecule is NC(Cc1ccc(F)cc1)C(=O)NCC1CCC(c2ccnc(Nc3cnccn3)n2)CC1. The lowest BCUT2D eigenvalue weighted by Gasteiger charge is -2.28. The van der Waals surface area contributed by atoms with Crippen LogP contribution in [0.1, 0.15) is 42.9 Å². The van der Waals surface area contributed by atoms with Gasteiger partial charge in [-0.15, -0.1) is 0 Å². The molecule has 2 aromatic heterocycles. The number of benzene rings is 1. The molecule has 1 amide bonds. The number of nitrogens with one attached hydrogen (secondary N) is 2. The van der Waals surface area contributed by atoms with Gasteiger partial charge in [-0.3, -0.25) is 9.78 Å². The summed E-state index contributed by atoms with van der Waals surface area (Å²) in [6.45, 7) is 0.617. The number of rotatable bonds is 8. The van der Waals surface area contributed by atoms with Gasteiger partial charge in [-0.1, -0.05) is 12.1 Å². The molecule has 2 heterocycles. The molecule has 3 aromatic rings. The van der Waals surface area contributed by atoms with Gasteiger partial charge in [-0.2, -0.15) is 0 Å². The third-order valence-electron chi connectivity index (χ3n) is 6.02. The van der Waals surface area contributed by atoms with Crippen molar-refractivity contribution in [3.8, 4) is 0 Å². The molecule has 8 nitrogen and oxygen atoms in total. The van der Waals surface area contributed by atoms with Crippen LogP contribution in [0.3, 0.4) is 0 Å². The lowest BCUT2D eigenvalue weighted by Crippen LogP contribution is -2.44. The van der Waals surface area contributed by atoms with Crippen LogP contribution in [0.15, 0.2) is 55.1 Å². The average Bonchev–Trinajstić information content (AvgIpc) is 2.85. The monoisotopic (exact) mass is 449 g/mol. The van der Waals surface area contributed by atoms with Gasteiger partial charge in [0.1, 0.15) is 5.82 Å². The number of amides is 1. The zero-order valence-corrected chi connectivity index (χ0v) is 18.3. The first kappa shape index (κ1) is 22.7. The highest BCUT2D eigenvalue weighted by molar-refractivity contribution is 5.81. The molecule has 33 heavy (non-hydrogen) atoms. The normalized spacial score (nSPS) is 19.0. The van der Waals surface area contributed by atoms with E-state index < -0.39 is 6.04 Å². The van der Waals surface area contributed by atoms with E-state index in [0.717, 1.165) is 36.9 Å². The molecule has 4 N–H and O–H groups in total. The number of nitrogens with two attached hydrogens (primary N) is 1. The number of hydrogen-bond acceptors (Lipinski definition) is 7. The van der Waals surface area contributed by atoms with E-state index in [1.807, 2.05) is 6.07 Å². The summed E-state index contributed by atoms with van der Waals surface area (Å²) in [6.07, 6.45) is 11.0. The molecule has 1 aliphatic rings. The molecule has 4 rings (SSSR count). The van der Waals surface area contributed by atoms with Crippen LogP contribution in [0.25, 0.3) is 0 Å². The molecular formula is C24H28FN7O. The Morgan fingerprint density at radius 2 is 1.85 bits per heavy atom. The van der Waals surface area contributed by atoms with E-state index in [4.69, 9.17) is 5.73 Å². The minimum Gasteiger partial charge on any atom is -0.354 e. The third-order valence-corrected chi connectivity index (χ3v) is 6.02. The fraction of sp³-hybridized carbons (Fsp3) is 0.375. The number of carbonyl (C=O) groups is 1. The predicted molar refractivity (Wildman–Crippen MR) is 123 cm³/mol. The summed E-state index contributed by atoms with van der Waals surface area (Å²) >= 11 is 0. The van der Waals surface area contributed by atoms with Crippen LogP contribution in [0, 0.1) is 11.7 Å². The zero-order chi connectivity index (χ0) is 23.0. The van der Waals surface area contributed by atoms with Crippen molar-refractivity contribution in [3.63, 3.8) is 0 Å². The molecule has 1 atom stereocenters. The number of anilines is 2. The summed E-state index contributed by atoms with van der Waals surface area (Å²) in [5.41, 5.74) is 7.90. The van der Waals surface area contributed by atoms with Gasteiger partial charge in [-0.05, 0) is 61.8 Å². The molecule has 0 saturated heterocycles. The van der Waals surface area contributed by atoms with Gasteiger partial charge in [0.15, 0.2) is 5.82 Å². The second kappa shape index (κ2) is 10.9. The fourth-order valence-corrected chi connectivity index (χ4v) is 4.14. The quantitative estimate of drug-likeness (QED) is 0.483. The van der Waals surface area contributed by atoms with Gasteiger partial charge in [-0.25, -0.2) is 19.3 Å². The minimum atomic E-state index is -0.645. The van der Waals surface area contributed by atoms with E-state index in [0.29, 0.717) is 36.6 Å². The zero-order valence-electron chi connectivity index (χ0n) is 18.3. The maximum absolute atomic E-state index is 13.0. The Balaban J connectivity index is 1.22. The predicted octanol–water partition coefficient (Wildman–Crippen LogP) is 3.11. The summed E-state index contributed by atoms with van der Waals surface area (Å²) in [6, 6.07) is 7.39. The molecular weight excluding hydrogens is 421 g/mol. The highest BCUT2D eigenvalue weighted by Crippen LogP contribution is 2.35. The second-order valence-corrected chi connectivity index (χ2v) is 8.42. The number of halogens is 1. The van der Waals surface area contributed by atoms with Crippen molar-refractivity contribution in [3.05, 3.63) is 72.2 Å². The van der Waals surface area contributed by atoms with Crippen molar-refractivity contribution in [1.29, 1.82) is 0 Å². The smallest absolute Gasteiger partial charge is 0.237 e. The molecule has 172 valence electrons. The summed E-state index contributed by atoms with van der Waals surface area (Å²) in [5, 5.41) is 6.07. The second-order valence-electron chi connectivity index (χ2n) is 8.42. The van der Waals surface area contributed by atoms with Crippen LogP contribution in [-0.2, 0) is 11.2 Å². The molecule has 0 aliphatic heterocycles. The minimum absolute atomic E-state index is 0.169. The van der Waals surface area contributed by atoms with E-state index in [2.05, 4.69) is 30.6 Å². The van der Waals surface area contributed by atoms with Crippen LogP contribution < -0.4 is 16.4 Å². The largest absolute Gasteiger partial charge is 0.354 e. The molecule has 9 heteroatoms. The van der Waals surface area contributed by atoms with E-state index in [9.17, 15) is 9.18 Å². The van der Waals surface area contributed by atoms with Crippen molar-refractivity contribution < 1.29 is 9.18 Å². The Labute approximate surface area is 192 Å². The van der Waals surface area contributed by atoms with E-state index in [1.165, 1.54) is 12.1 Å². The maximum Gasteiger partial charge on any atom is 0.237 e. The van der Waals surface area contributed by atoms with Gasteiger partial charge in [0.05, 0.1) is 12.2 Å². The van der Waals surface area contributed by atoms with E-state index in [-0.39, 0.29) is 11.7 Å². The highest BCUT2D eigenvalue weighted by Gasteiger charge is 2.24. The molecule has 1 fully saturated rings. The Hall–Kier alpha value is -3.46. The van der Waals surface area contributed by atoms with Crippen molar-refractivity contribution in [2.45, 2.75) is 44.1 Å². The van der Waals surface area contributed by atoms with Crippen molar-refractivity contribution in [2.24, 2.45) is 11.7 Å². The van der Waals surface area contributed by atoms with Crippen molar-refractivity contribution in [2.75, 3.05) is 11.9 Å². The number of carbonyl (C=O) groups excluding carboxylic acids is 1. The first-order valence-corrected chi connectivity index (χ1v) is 11.2. The van der Waals surface area contributed by atoms with Crippen LogP contribution >= 0.6 is 0 Å². The standard InChI is InChI=1S/C24H28FN7O/c25-19-7-3-16(4-8-19)13-20(26)23(33)30-14-17-1-5-18(6-2-17)21-9-10-29-24(31-21)32-22-15-27-11-12-28-22/h3-4,7-12,15,17-18,20H,1-2,5-6,13-14,26H2,(H,30,33)(H,28,29,31,32). The molecule has 1 aliphatic carbocycles. The maximum atomic E-state index is 13.0. The topological polar surface area (TPSA) is 119 Å². The first-order valence-electron chi connectivity index (χ1n) is 11.2. The summed E-state index contributed by atoms with van der Waals surface area (Å²) in [7, 11) is 0. The van der Waals surface area contributed by atoms with Gasteiger partial charge < -0.3 is 16.4 Å². The molecule has 0 bridgehead atoms. The number of hydrogen-bond donors (Lipinski definition) is 3. The molecule has 0 radical (unpaired) electrons. The van der Waals surface area contributed by atoms with Crippen LogP contribution in [0.2, 0.25) is 0 Å². The summed E-state index contributed by atoms with van der Waals surface area (Å²) in [5.74, 6) is 1.43. The van der Waals surface area contributed by atoms with Crippen molar-refractivity contribution in [1.82, 2.24) is 25.3 Å². The Morgan fingerprint density at radius 1 is 1.06 bits per heavy atom. The van der Waals surface area contributed by atoms with Crippen LogP contribution in [0.4, 0.5) is 16.2 Å². The van der Waals surface area contributed by atoms with E-state index in [1.54, 1.807) is 36.9 Å². The van der Waals surface area contributed by atoms with Crippen LogP contribution in [0.5, 0.6) is 0 Å². The molecule has 1 unspecified atom stereocenters. The third kappa shape index (κ3) is 6.52.